The fraction of sp³-hybridized carbons (Fsp3) is 0.579. The van der Waals surface area contributed by atoms with Crippen molar-refractivity contribution in [1.82, 2.24) is 9.91 Å². The van der Waals surface area contributed by atoms with Gasteiger partial charge >= 0.3 is 0 Å². The van der Waals surface area contributed by atoms with Crippen molar-refractivity contribution < 1.29 is 0 Å². The molecule has 0 aromatic heterocycles. The van der Waals surface area contributed by atoms with E-state index in [2.05, 4.69) is 62.7 Å². The molecule has 0 fully saturated rings. The van der Waals surface area contributed by atoms with Crippen LogP contribution in [0.4, 0.5) is 5.69 Å². The Kier molecular flexibility index (Phi) is 8.93. The van der Waals surface area contributed by atoms with Crippen LogP contribution in [-0.4, -0.2) is 31.5 Å². The van der Waals surface area contributed by atoms with Gasteiger partial charge in [0.25, 0.3) is 0 Å². The van der Waals surface area contributed by atoms with E-state index in [-0.39, 0.29) is 5.11 Å². The summed E-state index contributed by atoms with van der Waals surface area (Å²) in [6.07, 6.45) is 7.15. The van der Waals surface area contributed by atoms with Gasteiger partial charge in [-0.2, -0.15) is 5.10 Å². The molecule has 0 radical (unpaired) electrons. The minimum atomic E-state index is 0.207. The fourth-order valence-corrected chi connectivity index (χ4v) is 2.57. The molecule has 0 spiro atoms. The lowest BCUT2D eigenvalue weighted by molar-refractivity contribution is 0.421. The number of benzene rings is 1. The first-order chi connectivity index (χ1) is 11.4. The molecule has 134 valence electrons. The highest BCUT2D eigenvalue weighted by molar-refractivity contribution is 7.80. The number of hydrogen-bond acceptors (Lipinski definition) is 2. The zero-order valence-electron chi connectivity index (χ0n) is 15.6. The number of hydrogen-bond donors (Lipinski definition) is 2. The molecule has 1 aromatic rings. The number of quaternary nitrogens is 1. The number of thiocarbonyl (C=S) groups is 1. The SMILES string of the molecule is CCCCCCC/C(=N/NC(N)=S)c1ccc([N+](C)(C)CC)cc1. The highest BCUT2D eigenvalue weighted by Crippen LogP contribution is 2.20. The summed E-state index contributed by atoms with van der Waals surface area (Å²) >= 11 is 4.88. The van der Waals surface area contributed by atoms with Gasteiger partial charge in [-0.3, -0.25) is 9.91 Å². The number of unbranched alkanes of at least 4 members (excludes halogenated alkanes) is 4. The smallest absolute Gasteiger partial charge is 0.184 e. The average molecular weight is 350 g/mol. The second-order valence-electron chi connectivity index (χ2n) is 6.75. The van der Waals surface area contributed by atoms with E-state index >= 15 is 0 Å². The van der Waals surface area contributed by atoms with Crippen molar-refractivity contribution in [3.8, 4) is 0 Å². The third kappa shape index (κ3) is 6.97. The quantitative estimate of drug-likeness (QED) is 0.219. The van der Waals surface area contributed by atoms with Gasteiger partial charge in [0.2, 0.25) is 0 Å². The molecule has 0 saturated carbocycles. The molecule has 0 atom stereocenters. The van der Waals surface area contributed by atoms with Crippen LogP contribution >= 0.6 is 12.2 Å². The zero-order chi connectivity index (χ0) is 18.0. The summed E-state index contributed by atoms with van der Waals surface area (Å²) in [6.45, 7) is 5.49. The predicted molar refractivity (Wildman–Crippen MR) is 110 cm³/mol. The Balaban J connectivity index is 2.82. The van der Waals surface area contributed by atoms with E-state index in [1.165, 1.54) is 31.4 Å². The molecule has 24 heavy (non-hydrogen) atoms. The van der Waals surface area contributed by atoms with E-state index in [9.17, 15) is 0 Å². The molecule has 3 N–H and O–H groups in total. The molecule has 0 heterocycles. The number of nitrogens with one attached hydrogen (secondary N) is 1. The molecule has 0 bridgehead atoms. The lowest BCUT2D eigenvalue weighted by Gasteiger charge is -2.27. The first-order valence-corrected chi connectivity index (χ1v) is 9.37. The molecule has 0 aliphatic carbocycles. The van der Waals surface area contributed by atoms with Crippen molar-refractivity contribution in [1.29, 1.82) is 0 Å². The third-order valence-electron chi connectivity index (χ3n) is 4.51. The van der Waals surface area contributed by atoms with Gasteiger partial charge in [-0.05, 0) is 61.8 Å². The van der Waals surface area contributed by atoms with Crippen molar-refractivity contribution >= 4 is 28.7 Å². The van der Waals surface area contributed by atoms with Crippen molar-refractivity contribution in [3.05, 3.63) is 29.8 Å². The van der Waals surface area contributed by atoms with Gasteiger partial charge < -0.3 is 5.73 Å². The average Bonchev–Trinajstić information content (AvgIpc) is 2.57. The van der Waals surface area contributed by atoms with Gasteiger partial charge in [-0.15, -0.1) is 0 Å². The topological polar surface area (TPSA) is 50.4 Å². The van der Waals surface area contributed by atoms with Crippen LogP contribution in [0, 0.1) is 0 Å². The van der Waals surface area contributed by atoms with Gasteiger partial charge in [0.15, 0.2) is 5.11 Å². The van der Waals surface area contributed by atoms with Gasteiger partial charge in [-0.1, -0.05) is 32.6 Å². The number of nitrogens with zero attached hydrogens (tertiary/aromatic N) is 2. The zero-order valence-corrected chi connectivity index (χ0v) is 16.5. The minimum absolute atomic E-state index is 0.207. The molecule has 5 heteroatoms. The second kappa shape index (κ2) is 10.4. The van der Waals surface area contributed by atoms with Crippen molar-refractivity contribution in [2.75, 3.05) is 20.6 Å². The van der Waals surface area contributed by atoms with Crippen molar-refractivity contribution in [2.24, 2.45) is 10.8 Å². The van der Waals surface area contributed by atoms with E-state index in [0.717, 1.165) is 35.1 Å². The molecule has 0 unspecified atom stereocenters. The molecular weight excluding hydrogens is 316 g/mol. The van der Waals surface area contributed by atoms with Gasteiger partial charge in [0.05, 0.1) is 26.4 Å². The minimum Gasteiger partial charge on any atom is -0.375 e. The van der Waals surface area contributed by atoms with Crippen LogP contribution in [0.5, 0.6) is 0 Å². The standard InChI is InChI=1S/C19H32N4S/c1-5-7-8-9-10-11-18(21-22-19(20)24)16-12-14-17(15-13-16)23(3,4)6-2/h12-15H,5-11H2,1-4H3,(H2-,20,22,24)/p+1/b21-18-. The molecular formula is C19H33N4S+. The van der Waals surface area contributed by atoms with Crippen LogP contribution in [0.3, 0.4) is 0 Å². The molecule has 0 aliphatic heterocycles. The van der Waals surface area contributed by atoms with Crippen LogP contribution in [-0.2, 0) is 0 Å². The number of rotatable bonds is 10. The largest absolute Gasteiger partial charge is 0.375 e. The van der Waals surface area contributed by atoms with E-state index in [1.54, 1.807) is 0 Å². The maximum absolute atomic E-state index is 5.52. The van der Waals surface area contributed by atoms with Gasteiger partial charge in [0, 0.05) is 0 Å². The lowest BCUT2D eigenvalue weighted by Crippen LogP contribution is -2.39. The molecule has 1 rings (SSSR count). The van der Waals surface area contributed by atoms with Crippen LogP contribution in [0.25, 0.3) is 0 Å². The molecule has 1 aromatic carbocycles. The summed E-state index contributed by atoms with van der Waals surface area (Å²) in [7, 11) is 4.43. The van der Waals surface area contributed by atoms with E-state index < -0.39 is 0 Å². The predicted octanol–water partition coefficient (Wildman–Crippen LogP) is 4.17. The maximum atomic E-state index is 5.52. The van der Waals surface area contributed by atoms with Crippen molar-refractivity contribution in [2.45, 2.75) is 52.4 Å². The first kappa shape index (κ1) is 20.6. The van der Waals surface area contributed by atoms with Crippen LogP contribution < -0.4 is 15.6 Å². The Bertz CT molecular complexity index is 535. The van der Waals surface area contributed by atoms with Gasteiger partial charge in [0.1, 0.15) is 5.69 Å². The Morgan fingerprint density at radius 1 is 1.08 bits per heavy atom. The van der Waals surface area contributed by atoms with Crippen LogP contribution in [0.15, 0.2) is 29.4 Å². The Morgan fingerprint density at radius 2 is 1.71 bits per heavy atom. The van der Waals surface area contributed by atoms with E-state index in [0.29, 0.717) is 0 Å². The summed E-state index contributed by atoms with van der Waals surface area (Å²) in [5.74, 6) is 0. The van der Waals surface area contributed by atoms with Crippen LogP contribution in [0.1, 0.15) is 57.9 Å². The summed E-state index contributed by atoms with van der Waals surface area (Å²) in [6, 6.07) is 8.67. The summed E-state index contributed by atoms with van der Waals surface area (Å²) in [5, 5.41) is 4.63. The number of hydrazone groups is 1. The van der Waals surface area contributed by atoms with Crippen molar-refractivity contribution in [3.63, 3.8) is 0 Å². The highest BCUT2D eigenvalue weighted by atomic mass is 32.1. The second-order valence-corrected chi connectivity index (χ2v) is 7.19. The fourth-order valence-electron chi connectivity index (χ4n) is 2.52. The Hall–Kier alpha value is -1.46. The molecule has 0 saturated heterocycles. The molecule has 4 nitrogen and oxygen atoms in total. The lowest BCUT2D eigenvalue weighted by atomic mass is 10.0. The summed E-state index contributed by atoms with van der Waals surface area (Å²) in [5.41, 5.74) is 11.7. The van der Waals surface area contributed by atoms with E-state index in [1.807, 2.05) is 0 Å². The molecule has 0 aliphatic rings. The third-order valence-corrected chi connectivity index (χ3v) is 4.60. The van der Waals surface area contributed by atoms with E-state index in [4.69, 9.17) is 18.0 Å². The molecule has 0 amide bonds. The first-order valence-electron chi connectivity index (χ1n) is 8.96. The highest BCUT2D eigenvalue weighted by Gasteiger charge is 2.16. The summed E-state index contributed by atoms with van der Waals surface area (Å²) in [4.78, 5) is 0. The van der Waals surface area contributed by atoms with Crippen LogP contribution in [0.2, 0.25) is 0 Å². The number of nitrogens with two attached hydrogens (primary N) is 1. The summed E-state index contributed by atoms with van der Waals surface area (Å²) < 4.78 is 0.870. The van der Waals surface area contributed by atoms with Gasteiger partial charge in [-0.25, -0.2) is 0 Å². The monoisotopic (exact) mass is 349 g/mol. The Morgan fingerprint density at radius 3 is 2.25 bits per heavy atom. The Labute approximate surface area is 152 Å². The maximum Gasteiger partial charge on any atom is 0.184 e. The normalized spacial score (nSPS) is 12.2.